The first-order valence-corrected chi connectivity index (χ1v) is 3.86. The van der Waals surface area contributed by atoms with E-state index in [2.05, 4.69) is 5.32 Å². The van der Waals surface area contributed by atoms with Crippen LogP contribution in [0.15, 0.2) is 0 Å². The van der Waals surface area contributed by atoms with E-state index in [4.69, 9.17) is 0 Å². The fraction of sp³-hybridized carbons (Fsp3) is 1.00. The standard InChI is InChI=1S/C8H16FN/c1-8(2,3)7(9)6-4-10-5-6/h6-7,10H,4-5H2,1-3H3. The third kappa shape index (κ3) is 1.48. The van der Waals surface area contributed by atoms with E-state index in [1.54, 1.807) is 0 Å². The van der Waals surface area contributed by atoms with E-state index >= 15 is 0 Å². The molecule has 0 aliphatic carbocycles. The summed E-state index contributed by atoms with van der Waals surface area (Å²) in [6, 6.07) is 0. The summed E-state index contributed by atoms with van der Waals surface area (Å²) in [5, 5.41) is 3.07. The third-order valence-corrected chi connectivity index (χ3v) is 2.05. The van der Waals surface area contributed by atoms with E-state index in [9.17, 15) is 4.39 Å². The van der Waals surface area contributed by atoms with E-state index < -0.39 is 6.17 Å². The van der Waals surface area contributed by atoms with Gasteiger partial charge in [-0.15, -0.1) is 0 Å². The Labute approximate surface area is 62.0 Å². The maximum Gasteiger partial charge on any atom is 0.110 e. The number of hydrogen-bond donors (Lipinski definition) is 1. The number of alkyl halides is 1. The van der Waals surface area contributed by atoms with Gasteiger partial charge in [0.15, 0.2) is 0 Å². The largest absolute Gasteiger partial charge is 0.316 e. The molecule has 0 aromatic heterocycles. The van der Waals surface area contributed by atoms with Gasteiger partial charge in [0.1, 0.15) is 6.17 Å². The maximum absolute atomic E-state index is 13.3. The van der Waals surface area contributed by atoms with Crippen LogP contribution in [-0.2, 0) is 0 Å². The maximum atomic E-state index is 13.3. The normalized spacial score (nSPS) is 24.0. The lowest BCUT2D eigenvalue weighted by atomic mass is 9.80. The summed E-state index contributed by atoms with van der Waals surface area (Å²) < 4.78 is 13.3. The highest BCUT2D eigenvalue weighted by atomic mass is 19.1. The van der Waals surface area contributed by atoms with E-state index in [1.807, 2.05) is 20.8 Å². The van der Waals surface area contributed by atoms with E-state index in [1.165, 1.54) is 0 Å². The Morgan fingerprint density at radius 2 is 1.90 bits per heavy atom. The Morgan fingerprint density at radius 3 is 2.00 bits per heavy atom. The molecule has 1 rings (SSSR count). The van der Waals surface area contributed by atoms with Gasteiger partial charge >= 0.3 is 0 Å². The predicted octanol–water partition coefficient (Wildman–Crippen LogP) is 1.59. The zero-order chi connectivity index (χ0) is 7.78. The van der Waals surface area contributed by atoms with Gasteiger partial charge in [0, 0.05) is 19.0 Å². The third-order valence-electron chi connectivity index (χ3n) is 2.05. The molecule has 1 aliphatic rings. The van der Waals surface area contributed by atoms with Gasteiger partial charge in [0.05, 0.1) is 0 Å². The predicted molar refractivity (Wildman–Crippen MR) is 40.7 cm³/mol. The molecule has 1 N–H and O–H groups in total. The Hall–Kier alpha value is -0.110. The average molecular weight is 145 g/mol. The Morgan fingerprint density at radius 1 is 1.40 bits per heavy atom. The Kier molecular flexibility index (Phi) is 1.99. The molecule has 0 aromatic rings. The second-order valence-corrected chi connectivity index (χ2v) is 4.19. The van der Waals surface area contributed by atoms with Gasteiger partial charge in [0.25, 0.3) is 0 Å². The highest BCUT2D eigenvalue weighted by Gasteiger charge is 2.35. The SMILES string of the molecule is CC(C)(C)C(F)C1CNC1. The van der Waals surface area contributed by atoms with Crippen LogP contribution in [0, 0.1) is 11.3 Å². The van der Waals surface area contributed by atoms with Crippen molar-refractivity contribution >= 4 is 0 Å². The van der Waals surface area contributed by atoms with Crippen molar-refractivity contribution in [2.45, 2.75) is 26.9 Å². The van der Waals surface area contributed by atoms with E-state index in [0.29, 0.717) is 0 Å². The quantitative estimate of drug-likeness (QED) is 0.591. The second-order valence-electron chi connectivity index (χ2n) is 4.19. The van der Waals surface area contributed by atoms with E-state index in [0.717, 1.165) is 13.1 Å². The van der Waals surface area contributed by atoms with Crippen LogP contribution < -0.4 is 5.32 Å². The molecule has 1 fully saturated rings. The molecular weight excluding hydrogens is 129 g/mol. The fourth-order valence-corrected chi connectivity index (χ4v) is 1.23. The Balaban J connectivity index is 2.39. The summed E-state index contributed by atoms with van der Waals surface area (Å²) in [5.41, 5.74) is -0.174. The molecule has 0 radical (unpaired) electrons. The minimum atomic E-state index is -0.645. The number of rotatable bonds is 1. The molecule has 1 atom stereocenters. The van der Waals surface area contributed by atoms with Crippen molar-refractivity contribution in [3.8, 4) is 0 Å². The van der Waals surface area contributed by atoms with Crippen LogP contribution in [0.25, 0.3) is 0 Å². The van der Waals surface area contributed by atoms with Gasteiger partial charge in [-0.3, -0.25) is 0 Å². The molecule has 1 heterocycles. The van der Waals surface area contributed by atoms with E-state index in [-0.39, 0.29) is 11.3 Å². The summed E-state index contributed by atoms with van der Waals surface area (Å²) in [6.45, 7) is 7.58. The number of halogens is 1. The highest BCUT2D eigenvalue weighted by Crippen LogP contribution is 2.29. The topological polar surface area (TPSA) is 12.0 Å². The molecule has 1 saturated heterocycles. The monoisotopic (exact) mass is 145 g/mol. The van der Waals surface area contributed by atoms with Gasteiger partial charge in [-0.2, -0.15) is 0 Å². The summed E-state index contributed by atoms with van der Waals surface area (Å²) in [5.74, 6) is 0.264. The first kappa shape index (κ1) is 7.99. The van der Waals surface area contributed by atoms with Gasteiger partial charge in [-0.1, -0.05) is 20.8 Å². The minimum Gasteiger partial charge on any atom is -0.316 e. The van der Waals surface area contributed by atoms with Gasteiger partial charge in [0.2, 0.25) is 0 Å². The van der Waals surface area contributed by atoms with Crippen molar-refractivity contribution in [3.63, 3.8) is 0 Å². The molecule has 0 bridgehead atoms. The fourth-order valence-electron chi connectivity index (χ4n) is 1.23. The summed E-state index contributed by atoms with van der Waals surface area (Å²) in [7, 11) is 0. The molecule has 10 heavy (non-hydrogen) atoms. The van der Waals surface area contributed by atoms with Crippen molar-refractivity contribution in [1.82, 2.24) is 5.32 Å². The Bertz CT molecular complexity index is 113. The van der Waals surface area contributed by atoms with Crippen LogP contribution in [-0.4, -0.2) is 19.3 Å². The molecule has 2 heteroatoms. The lowest BCUT2D eigenvalue weighted by Crippen LogP contribution is -2.50. The number of nitrogens with one attached hydrogen (secondary N) is 1. The second kappa shape index (κ2) is 2.50. The van der Waals surface area contributed by atoms with Crippen LogP contribution in [0.3, 0.4) is 0 Å². The van der Waals surface area contributed by atoms with Crippen LogP contribution in [0.2, 0.25) is 0 Å². The van der Waals surface area contributed by atoms with Gasteiger partial charge < -0.3 is 5.32 Å². The molecule has 0 aromatic carbocycles. The van der Waals surface area contributed by atoms with Gasteiger partial charge in [-0.25, -0.2) is 4.39 Å². The van der Waals surface area contributed by atoms with Crippen molar-refractivity contribution in [2.24, 2.45) is 11.3 Å². The first-order chi connectivity index (χ1) is 4.52. The van der Waals surface area contributed by atoms with Crippen LogP contribution in [0.4, 0.5) is 4.39 Å². The first-order valence-electron chi connectivity index (χ1n) is 3.86. The highest BCUT2D eigenvalue weighted by molar-refractivity contribution is 4.87. The summed E-state index contributed by atoms with van der Waals surface area (Å²) in [4.78, 5) is 0. The summed E-state index contributed by atoms with van der Waals surface area (Å²) in [6.07, 6.45) is -0.645. The molecule has 0 spiro atoms. The lowest BCUT2D eigenvalue weighted by Gasteiger charge is -2.36. The van der Waals surface area contributed by atoms with Crippen molar-refractivity contribution in [2.75, 3.05) is 13.1 Å². The van der Waals surface area contributed by atoms with Crippen LogP contribution in [0.5, 0.6) is 0 Å². The van der Waals surface area contributed by atoms with Crippen LogP contribution >= 0.6 is 0 Å². The zero-order valence-electron chi connectivity index (χ0n) is 6.95. The minimum absolute atomic E-state index is 0.174. The van der Waals surface area contributed by atoms with Crippen LogP contribution in [0.1, 0.15) is 20.8 Å². The molecule has 1 nitrogen and oxygen atoms in total. The smallest absolute Gasteiger partial charge is 0.110 e. The average Bonchev–Trinajstić information content (AvgIpc) is 1.57. The molecule has 0 amide bonds. The molecule has 1 unspecified atom stereocenters. The van der Waals surface area contributed by atoms with Crippen molar-refractivity contribution in [1.29, 1.82) is 0 Å². The number of hydrogen-bond acceptors (Lipinski definition) is 1. The van der Waals surface area contributed by atoms with Crippen molar-refractivity contribution < 1.29 is 4.39 Å². The van der Waals surface area contributed by atoms with Crippen molar-refractivity contribution in [3.05, 3.63) is 0 Å². The molecular formula is C8H16FN. The molecule has 1 aliphatic heterocycles. The van der Waals surface area contributed by atoms with Gasteiger partial charge in [-0.05, 0) is 5.41 Å². The lowest BCUT2D eigenvalue weighted by molar-refractivity contribution is 0.0678. The summed E-state index contributed by atoms with van der Waals surface area (Å²) >= 11 is 0. The molecule has 0 saturated carbocycles. The zero-order valence-corrected chi connectivity index (χ0v) is 6.95. The molecule has 60 valence electrons.